The highest BCUT2D eigenvalue weighted by atomic mass is 16.5. The summed E-state index contributed by atoms with van der Waals surface area (Å²) in [6, 6.07) is 28.2. The molecular weight excluding hydrogens is 416 g/mol. The van der Waals surface area contributed by atoms with Crippen molar-refractivity contribution < 1.29 is 13.9 Å². The van der Waals surface area contributed by atoms with Crippen LogP contribution in [-0.2, 0) is 0 Å². The van der Waals surface area contributed by atoms with Crippen LogP contribution >= 0.6 is 0 Å². The molecule has 0 saturated carbocycles. The van der Waals surface area contributed by atoms with Crippen LogP contribution in [-0.4, -0.2) is 0 Å². The van der Waals surface area contributed by atoms with Gasteiger partial charge in [-0.2, -0.15) is 0 Å². The molecule has 6 heteroatoms. The van der Waals surface area contributed by atoms with Gasteiger partial charge >= 0.3 is 0 Å². The number of benzene rings is 4. The summed E-state index contributed by atoms with van der Waals surface area (Å²) in [6.07, 6.45) is 0. The Labute approximate surface area is 189 Å². The number of nitrogen functional groups attached to an aromatic ring is 2. The predicted octanol–water partition coefficient (Wildman–Crippen LogP) is 6.21. The molecule has 162 valence electrons. The van der Waals surface area contributed by atoms with Crippen molar-refractivity contribution in [1.29, 1.82) is 0 Å². The third-order valence-electron chi connectivity index (χ3n) is 5.07. The number of hydrogen-bond donors (Lipinski definition) is 2. The molecule has 0 atom stereocenters. The van der Waals surface area contributed by atoms with Crippen LogP contribution in [0.1, 0.15) is 0 Å². The number of nitrogens with two attached hydrogens (primary N) is 2. The van der Waals surface area contributed by atoms with Crippen LogP contribution in [0, 0.1) is 0 Å². The van der Waals surface area contributed by atoms with Gasteiger partial charge in [0, 0.05) is 29.1 Å². The summed E-state index contributed by atoms with van der Waals surface area (Å²) in [6.45, 7) is 0. The van der Waals surface area contributed by atoms with E-state index in [1.165, 1.54) is 6.07 Å². The van der Waals surface area contributed by atoms with Gasteiger partial charge in [-0.05, 0) is 84.9 Å². The maximum absolute atomic E-state index is 12.7. The second-order valence-electron chi connectivity index (χ2n) is 7.50. The Morgan fingerprint density at radius 3 is 1.64 bits per heavy atom. The zero-order chi connectivity index (χ0) is 22.8. The van der Waals surface area contributed by atoms with Crippen LogP contribution < -0.4 is 26.4 Å². The fourth-order valence-corrected chi connectivity index (χ4v) is 3.37. The van der Waals surface area contributed by atoms with Crippen molar-refractivity contribution in [2.45, 2.75) is 0 Å². The Morgan fingerprint density at radius 1 is 0.576 bits per heavy atom. The Hall–Kier alpha value is -4.71. The van der Waals surface area contributed by atoms with Crippen LogP contribution in [0.5, 0.6) is 23.0 Å². The van der Waals surface area contributed by atoms with E-state index in [1.807, 2.05) is 24.3 Å². The van der Waals surface area contributed by atoms with Crippen molar-refractivity contribution in [2.75, 3.05) is 11.5 Å². The van der Waals surface area contributed by atoms with E-state index in [0.717, 1.165) is 5.56 Å². The third kappa shape index (κ3) is 4.50. The molecule has 0 aliphatic carbocycles. The van der Waals surface area contributed by atoms with E-state index >= 15 is 0 Å². The maximum Gasteiger partial charge on any atom is 0.193 e. The minimum Gasteiger partial charge on any atom is -0.457 e. The summed E-state index contributed by atoms with van der Waals surface area (Å²) in [4.78, 5) is 12.7. The first-order chi connectivity index (χ1) is 16.0. The molecule has 0 saturated heterocycles. The van der Waals surface area contributed by atoms with Crippen LogP contribution in [0.4, 0.5) is 11.4 Å². The first-order valence-electron chi connectivity index (χ1n) is 10.3. The van der Waals surface area contributed by atoms with E-state index in [4.69, 9.17) is 25.4 Å². The van der Waals surface area contributed by atoms with Crippen molar-refractivity contribution in [2.24, 2.45) is 0 Å². The summed E-state index contributed by atoms with van der Waals surface area (Å²) < 4.78 is 17.7. The molecule has 5 rings (SSSR count). The minimum absolute atomic E-state index is 0.132. The van der Waals surface area contributed by atoms with Gasteiger partial charge in [-0.15, -0.1) is 0 Å². The predicted molar refractivity (Wildman–Crippen MR) is 130 cm³/mol. The second kappa shape index (κ2) is 8.43. The largest absolute Gasteiger partial charge is 0.457 e. The van der Waals surface area contributed by atoms with Crippen molar-refractivity contribution in [3.05, 3.63) is 107 Å². The monoisotopic (exact) mass is 436 g/mol. The lowest BCUT2D eigenvalue weighted by molar-refractivity contribution is 0.481. The Kier molecular flexibility index (Phi) is 5.16. The fourth-order valence-electron chi connectivity index (χ4n) is 3.37. The summed E-state index contributed by atoms with van der Waals surface area (Å²) >= 11 is 0. The number of ether oxygens (including phenoxy) is 2. The first kappa shape index (κ1) is 20.2. The second-order valence-corrected chi connectivity index (χ2v) is 7.50. The van der Waals surface area contributed by atoms with E-state index in [1.54, 1.807) is 66.7 Å². The Bertz CT molecular complexity index is 1470. The lowest BCUT2D eigenvalue weighted by Crippen LogP contribution is -2.00. The Balaban J connectivity index is 1.42. The SMILES string of the molecule is Nc1ccc(Oc2ccc(-c3cc(=O)c4ccc(Oc5ccc(N)cc5)cc4o3)cc2)cc1. The van der Waals surface area contributed by atoms with Gasteiger partial charge in [0.1, 0.15) is 34.3 Å². The maximum atomic E-state index is 12.7. The topological polar surface area (TPSA) is 101 Å². The lowest BCUT2D eigenvalue weighted by atomic mass is 10.1. The summed E-state index contributed by atoms with van der Waals surface area (Å²) in [5, 5.41) is 0.478. The molecule has 0 amide bonds. The Morgan fingerprint density at radius 2 is 1.06 bits per heavy atom. The molecule has 1 heterocycles. The molecule has 0 fully saturated rings. The zero-order valence-electron chi connectivity index (χ0n) is 17.5. The van der Waals surface area contributed by atoms with Crippen LogP contribution in [0.2, 0.25) is 0 Å². The quantitative estimate of drug-likeness (QED) is 0.318. The smallest absolute Gasteiger partial charge is 0.193 e. The number of rotatable bonds is 5. The molecular formula is C27H20N2O4. The molecule has 4 aromatic carbocycles. The van der Waals surface area contributed by atoms with Gasteiger partial charge in [-0.25, -0.2) is 0 Å². The molecule has 0 unspecified atom stereocenters. The molecule has 0 aliphatic heterocycles. The zero-order valence-corrected chi connectivity index (χ0v) is 17.5. The molecule has 1 aromatic heterocycles. The lowest BCUT2D eigenvalue weighted by Gasteiger charge is -2.09. The molecule has 0 bridgehead atoms. The molecule has 0 aliphatic rings. The van der Waals surface area contributed by atoms with E-state index in [-0.39, 0.29) is 5.43 Å². The number of hydrogen-bond acceptors (Lipinski definition) is 6. The highest BCUT2D eigenvalue weighted by Crippen LogP contribution is 2.30. The fraction of sp³-hybridized carbons (Fsp3) is 0. The minimum atomic E-state index is -0.132. The van der Waals surface area contributed by atoms with E-state index in [2.05, 4.69) is 0 Å². The standard InChI is InChI=1S/C27H20N2O4/c28-18-3-9-21(10-4-18)31-20-7-1-17(2-8-20)26-16-25(30)24-14-13-23(15-27(24)33-26)32-22-11-5-19(29)6-12-22/h1-16H,28-29H2. The first-order valence-corrected chi connectivity index (χ1v) is 10.3. The molecule has 6 nitrogen and oxygen atoms in total. The number of fused-ring (bicyclic) bond motifs is 1. The third-order valence-corrected chi connectivity index (χ3v) is 5.07. The van der Waals surface area contributed by atoms with Crippen molar-refractivity contribution >= 4 is 22.3 Å². The molecule has 5 aromatic rings. The molecule has 4 N–H and O–H groups in total. The van der Waals surface area contributed by atoms with Gasteiger partial charge in [-0.1, -0.05) is 0 Å². The summed E-state index contributed by atoms with van der Waals surface area (Å²) in [5.74, 6) is 2.99. The van der Waals surface area contributed by atoms with Crippen LogP contribution in [0.3, 0.4) is 0 Å². The van der Waals surface area contributed by atoms with Gasteiger partial charge < -0.3 is 25.4 Å². The van der Waals surface area contributed by atoms with Crippen molar-refractivity contribution in [3.63, 3.8) is 0 Å². The summed E-state index contributed by atoms with van der Waals surface area (Å²) in [5.41, 5.74) is 13.8. The summed E-state index contributed by atoms with van der Waals surface area (Å²) in [7, 11) is 0. The molecule has 33 heavy (non-hydrogen) atoms. The highest BCUT2D eigenvalue weighted by molar-refractivity contribution is 5.80. The molecule has 0 spiro atoms. The molecule has 0 radical (unpaired) electrons. The van der Waals surface area contributed by atoms with Crippen molar-refractivity contribution in [3.8, 4) is 34.3 Å². The number of anilines is 2. The van der Waals surface area contributed by atoms with E-state index in [9.17, 15) is 4.79 Å². The normalized spacial score (nSPS) is 10.8. The van der Waals surface area contributed by atoms with E-state index < -0.39 is 0 Å². The van der Waals surface area contributed by atoms with Gasteiger partial charge in [0.25, 0.3) is 0 Å². The van der Waals surface area contributed by atoms with Crippen molar-refractivity contribution in [1.82, 2.24) is 0 Å². The van der Waals surface area contributed by atoms with Crippen LogP contribution in [0.15, 0.2) is 106 Å². The van der Waals surface area contributed by atoms with Gasteiger partial charge in [-0.3, -0.25) is 4.79 Å². The average molecular weight is 436 g/mol. The van der Waals surface area contributed by atoms with Crippen LogP contribution in [0.25, 0.3) is 22.3 Å². The average Bonchev–Trinajstić information content (AvgIpc) is 2.82. The van der Waals surface area contributed by atoms with Gasteiger partial charge in [0.05, 0.1) is 5.39 Å². The van der Waals surface area contributed by atoms with Gasteiger partial charge in [0.2, 0.25) is 0 Å². The highest BCUT2D eigenvalue weighted by Gasteiger charge is 2.09. The van der Waals surface area contributed by atoms with Gasteiger partial charge in [0.15, 0.2) is 5.43 Å². The van der Waals surface area contributed by atoms with E-state index in [0.29, 0.717) is 51.1 Å².